The van der Waals surface area contributed by atoms with Gasteiger partial charge in [0.1, 0.15) is 0 Å². The lowest BCUT2D eigenvalue weighted by Crippen LogP contribution is -2.40. The summed E-state index contributed by atoms with van der Waals surface area (Å²) >= 11 is 0. The lowest BCUT2D eigenvalue weighted by Gasteiger charge is -2.30. The van der Waals surface area contributed by atoms with E-state index in [9.17, 15) is 4.79 Å². The van der Waals surface area contributed by atoms with Gasteiger partial charge in [0, 0.05) is 5.92 Å². The van der Waals surface area contributed by atoms with E-state index in [1.54, 1.807) is 0 Å². The van der Waals surface area contributed by atoms with Crippen LogP contribution in [0.25, 0.3) is 0 Å². The van der Waals surface area contributed by atoms with Crippen LogP contribution in [0, 0.1) is 5.92 Å². The number of carbonyl (C=O) groups is 1. The molecule has 1 aromatic rings. The van der Waals surface area contributed by atoms with Crippen LogP contribution in [0.2, 0.25) is 0 Å². The van der Waals surface area contributed by atoms with Crippen molar-refractivity contribution < 1.29 is 19.0 Å². The van der Waals surface area contributed by atoms with Gasteiger partial charge in [-0.1, -0.05) is 37.3 Å². The van der Waals surface area contributed by atoms with Gasteiger partial charge in [-0.15, -0.1) is 0 Å². The Balaban J connectivity index is 1.95. The summed E-state index contributed by atoms with van der Waals surface area (Å²) in [6, 6.07) is 9.92. The molecule has 0 radical (unpaired) electrons. The van der Waals surface area contributed by atoms with Crippen LogP contribution >= 0.6 is 0 Å². The van der Waals surface area contributed by atoms with Crippen LogP contribution in [0.4, 0.5) is 0 Å². The van der Waals surface area contributed by atoms with Gasteiger partial charge in [0.05, 0.1) is 26.1 Å². The second kappa shape index (κ2) is 6.38. The highest BCUT2D eigenvalue weighted by Gasteiger charge is 2.35. The van der Waals surface area contributed by atoms with Crippen molar-refractivity contribution in [3.05, 3.63) is 48.2 Å². The maximum absolute atomic E-state index is 11.6. The molecule has 1 aliphatic rings. The van der Waals surface area contributed by atoms with Crippen molar-refractivity contribution in [3.63, 3.8) is 0 Å². The highest BCUT2D eigenvalue weighted by molar-refractivity contribution is 5.75. The molecule has 4 heteroatoms. The Morgan fingerprint density at radius 2 is 2.05 bits per heavy atom. The summed E-state index contributed by atoms with van der Waals surface area (Å²) in [5.41, 5.74) is 1.10. The first kappa shape index (κ1) is 13.6. The van der Waals surface area contributed by atoms with Crippen molar-refractivity contribution in [2.24, 2.45) is 5.92 Å². The fourth-order valence-electron chi connectivity index (χ4n) is 2.04. The summed E-state index contributed by atoms with van der Waals surface area (Å²) in [5.74, 6) is -0.452. The summed E-state index contributed by atoms with van der Waals surface area (Å²) in [4.78, 5) is 11.6. The van der Waals surface area contributed by atoms with Gasteiger partial charge in [0.15, 0.2) is 6.10 Å². The first-order valence-corrected chi connectivity index (χ1v) is 6.28. The number of hydrogen-bond donors (Lipinski definition) is 0. The van der Waals surface area contributed by atoms with Gasteiger partial charge in [-0.05, 0) is 11.6 Å². The molecule has 0 N–H and O–H groups in total. The third-order valence-corrected chi connectivity index (χ3v) is 3.21. The van der Waals surface area contributed by atoms with E-state index in [4.69, 9.17) is 14.2 Å². The molecule has 0 saturated heterocycles. The van der Waals surface area contributed by atoms with E-state index in [0.29, 0.717) is 6.61 Å². The Morgan fingerprint density at radius 3 is 2.74 bits per heavy atom. The molecule has 2 rings (SSSR count). The van der Waals surface area contributed by atoms with E-state index in [1.165, 1.54) is 13.4 Å². The summed E-state index contributed by atoms with van der Waals surface area (Å²) in [6.07, 6.45) is 2.58. The van der Waals surface area contributed by atoms with E-state index < -0.39 is 6.10 Å². The Hall–Kier alpha value is -1.81. The average Bonchev–Trinajstić information content (AvgIpc) is 2.46. The lowest BCUT2D eigenvalue weighted by molar-refractivity contribution is -0.158. The third kappa shape index (κ3) is 3.35. The van der Waals surface area contributed by atoms with Crippen LogP contribution < -0.4 is 0 Å². The van der Waals surface area contributed by atoms with Gasteiger partial charge in [-0.3, -0.25) is 0 Å². The number of rotatable bonds is 4. The minimum absolute atomic E-state index is 0.0823. The minimum atomic E-state index is -0.601. The summed E-state index contributed by atoms with van der Waals surface area (Å²) < 4.78 is 15.8. The standard InChI is InChI=1S/C15H18O4/c1-11-13(8-9-18-14(11)15(16)17-2)19-10-12-6-4-3-5-7-12/h3-9,11,13-14H,10H2,1-2H3/t11-,13-,14?/m0/s1. The topological polar surface area (TPSA) is 44.8 Å². The molecule has 3 atom stereocenters. The largest absolute Gasteiger partial charge is 0.486 e. The highest BCUT2D eigenvalue weighted by atomic mass is 16.6. The van der Waals surface area contributed by atoms with Gasteiger partial charge in [0.2, 0.25) is 0 Å². The zero-order chi connectivity index (χ0) is 13.7. The average molecular weight is 262 g/mol. The predicted molar refractivity (Wildman–Crippen MR) is 70.2 cm³/mol. The van der Waals surface area contributed by atoms with Crippen molar-refractivity contribution in [1.82, 2.24) is 0 Å². The van der Waals surface area contributed by atoms with Crippen molar-refractivity contribution in [3.8, 4) is 0 Å². The van der Waals surface area contributed by atoms with Crippen LogP contribution in [0.3, 0.4) is 0 Å². The van der Waals surface area contributed by atoms with Gasteiger partial charge < -0.3 is 14.2 Å². The van der Waals surface area contributed by atoms with Gasteiger partial charge in [-0.25, -0.2) is 4.79 Å². The van der Waals surface area contributed by atoms with E-state index in [0.717, 1.165) is 5.56 Å². The number of esters is 1. The zero-order valence-corrected chi connectivity index (χ0v) is 11.1. The van der Waals surface area contributed by atoms with Crippen molar-refractivity contribution in [1.29, 1.82) is 0 Å². The Morgan fingerprint density at radius 1 is 1.32 bits per heavy atom. The predicted octanol–water partition coefficient (Wildman–Crippen LogP) is 2.29. The second-order valence-electron chi connectivity index (χ2n) is 4.53. The highest BCUT2D eigenvalue weighted by Crippen LogP contribution is 2.23. The molecule has 0 spiro atoms. The maximum Gasteiger partial charge on any atom is 0.347 e. The maximum atomic E-state index is 11.6. The molecule has 0 saturated carbocycles. The summed E-state index contributed by atoms with van der Waals surface area (Å²) in [5, 5.41) is 0. The molecule has 0 fully saturated rings. The number of benzene rings is 1. The zero-order valence-electron chi connectivity index (χ0n) is 11.1. The SMILES string of the molecule is COC(=O)C1OC=C[C@H](OCc2ccccc2)[C@@H]1C. The van der Waals surface area contributed by atoms with E-state index >= 15 is 0 Å². The molecular formula is C15H18O4. The molecule has 19 heavy (non-hydrogen) atoms. The molecule has 0 bridgehead atoms. The van der Waals surface area contributed by atoms with Gasteiger partial charge in [-0.2, -0.15) is 0 Å². The molecule has 4 nitrogen and oxygen atoms in total. The monoisotopic (exact) mass is 262 g/mol. The first-order valence-electron chi connectivity index (χ1n) is 6.28. The Kier molecular flexibility index (Phi) is 4.58. The lowest BCUT2D eigenvalue weighted by atomic mass is 9.96. The third-order valence-electron chi connectivity index (χ3n) is 3.21. The minimum Gasteiger partial charge on any atom is -0.486 e. The van der Waals surface area contributed by atoms with Gasteiger partial charge >= 0.3 is 5.97 Å². The fourth-order valence-corrected chi connectivity index (χ4v) is 2.04. The number of ether oxygens (including phenoxy) is 3. The van der Waals surface area contributed by atoms with Gasteiger partial charge in [0.25, 0.3) is 0 Å². The molecular weight excluding hydrogens is 244 g/mol. The first-order chi connectivity index (χ1) is 9.22. The molecule has 0 aliphatic carbocycles. The van der Waals surface area contributed by atoms with E-state index in [2.05, 4.69) is 0 Å². The number of carbonyl (C=O) groups excluding carboxylic acids is 1. The normalized spacial score (nSPS) is 25.7. The van der Waals surface area contributed by atoms with Crippen molar-refractivity contribution >= 4 is 5.97 Å². The van der Waals surface area contributed by atoms with Crippen LogP contribution in [0.1, 0.15) is 12.5 Å². The number of methoxy groups -OCH3 is 1. The van der Waals surface area contributed by atoms with Crippen molar-refractivity contribution in [2.75, 3.05) is 7.11 Å². The van der Waals surface area contributed by atoms with Crippen LogP contribution in [0.15, 0.2) is 42.7 Å². The second-order valence-corrected chi connectivity index (χ2v) is 4.53. The quantitative estimate of drug-likeness (QED) is 0.781. The number of hydrogen-bond acceptors (Lipinski definition) is 4. The summed E-state index contributed by atoms with van der Waals surface area (Å²) in [6.45, 7) is 2.43. The smallest absolute Gasteiger partial charge is 0.347 e. The molecule has 0 aromatic heterocycles. The van der Waals surface area contributed by atoms with Crippen LogP contribution in [0.5, 0.6) is 0 Å². The molecule has 1 unspecified atom stereocenters. The molecule has 0 amide bonds. The fraction of sp³-hybridized carbons (Fsp3) is 0.400. The van der Waals surface area contributed by atoms with Crippen LogP contribution in [-0.2, 0) is 25.6 Å². The Labute approximate surface area is 113 Å². The Bertz CT molecular complexity index is 441. The molecule has 1 aromatic carbocycles. The molecule has 1 heterocycles. The molecule has 102 valence electrons. The van der Waals surface area contributed by atoms with E-state index in [-0.39, 0.29) is 18.0 Å². The van der Waals surface area contributed by atoms with E-state index in [1.807, 2.05) is 43.3 Å². The van der Waals surface area contributed by atoms with Crippen LogP contribution in [-0.4, -0.2) is 25.3 Å². The molecule has 1 aliphatic heterocycles. The van der Waals surface area contributed by atoms with Crippen molar-refractivity contribution in [2.45, 2.75) is 25.7 Å². The summed E-state index contributed by atoms with van der Waals surface area (Å²) in [7, 11) is 1.36.